The topological polar surface area (TPSA) is 78.4 Å². The number of aliphatic carboxylic acids is 1. The van der Waals surface area contributed by atoms with E-state index in [1.807, 2.05) is 0 Å². The molecule has 0 heterocycles. The third kappa shape index (κ3) is 3.69. The predicted molar refractivity (Wildman–Crippen MR) is 68.0 cm³/mol. The monoisotopic (exact) mass is 318 g/mol. The summed E-state index contributed by atoms with van der Waals surface area (Å²) in [7, 11) is 0. The molecule has 0 aliphatic carbocycles. The molecular weight excluding hydrogens is 307 g/mol. The second-order valence-corrected chi connectivity index (χ2v) is 4.99. The molecule has 2 amide bonds. The van der Waals surface area contributed by atoms with Gasteiger partial charge in [-0.2, -0.15) is 0 Å². The van der Waals surface area contributed by atoms with Gasteiger partial charge in [-0.25, -0.2) is 14.0 Å². The van der Waals surface area contributed by atoms with E-state index >= 15 is 0 Å². The average molecular weight is 319 g/mol. The molecule has 0 atom stereocenters. The summed E-state index contributed by atoms with van der Waals surface area (Å²) in [5.74, 6) is -1.61. The van der Waals surface area contributed by atoms with Gasteiger partial charge in [0.05, 0.1) is 4.47 Å². The van der Waals surface area contributed by atoms with Crippen LogP contribution in [0.1, 0.15) is 13.8 Å². The zero-order valence-electron chi connectivity index (χ0n) is 9.75. The maximum Gasteiger partial charge on any atom is 0.328 e. The molecule has 0 saturated carbocycles. The van der Waals surface area contributed by atoms with Crippen molar-refractivity contribution in [2.24, 2.45) is 0 Å². The number of rotatable bonds is 3. The van der Waals surface area contributed by atoms with Crippen molar-refractivity contribution in [1.29, 1.82) is 0 Å². The third-order valence-electron chi connectivity index (χ3n) is 2.14. The van der Waals surface area contributed by atoms with Gasteiger partial charge in [0.15, 0.2) is 0 Å². The summed E-state index contributed by atoms with van der Waals surface area (Å²) in [6.45, 7) is 2.71. The first-order chi connectivity index (χ1) is 8.22. The van der Waals surface area contributed by atoms with E-state index in [0.29, 0.717) is 5.69 Å². The first-order valence-corrected chi connectivity index (χ1v) is 5.79. The normalized spacial score (nSPS) is 10.9. The molecule has 1 rings (SSSR count). The summed E-state index contributed by atoms with van der Waals surface area (Å²) in [5.41, 5.74) is -1.04. The number of hydrogen-bond donors (Lipinski definition) is 3. The summed E-state index contributed by atoms with van der Waals surface area (Å²) in [6.07, 6.45) is 0. The number of benzene rings is 1. The lowest BCUT2D eigenvalue weighted by molar-refractivity contribution is -0.142. The van der Waals surface area contributed by atoms with E-state index < -0.39 is 23.4 Å². The Morgan fingerprint density at radius 3 is 2.50 bits per heavy atom. The summed E-state index contributed by atoms with van der Waals surface area (Å²) in [5, 5.41) is 13.5. The van der Waals surface area contributed by atoms with Crippen LogP contribution in [0.25, 0.3) is 0 Å². The molecule has 0 fully saturated rings. The zero-order chi connectivity index (χ0) is 13.9. The molecule has 0 aliphatic heterocycles. The molecule has 0 spiro atoms. The Hall–Kier alpha value is -1.63. The van der Waals surface area contributed by atoms with Gasteiger partial charge in [0, 0.05) is 5.69 Å². The van der Waals surface area contributed by atoms with Crippen LogP contribution in [0, 0.1) is 5.82 Å². The Labute approximate surface area is 112 Å². The van der Waals surface area contributed by atoms with E-state index in [0.717, 1.165) is 0 Å². The highest BCUT2D eigenvalue weighted by molar-refractivity contribution is 9.10. The molecule has 3 N–H and O–H groups in total. The lowest BCUT2D eigenvalue weighted by Crippen LogP contribution is -2.51. The van der Waals surface area contributed by atoms with Gasteiger partial charge in [0.2, 0.25) is 0 Å². The zero-order valence-corrected chi connectivity index (χ0v) is 11.3. The second kappa shape index (κ2) is 5.34. The van der Waals surface area contributed by atoms with Gasteiger partial charge in [0.1, 0.15) is 11.4 Å². The standard InChI is InChI=1S/C11H12BrFN2O3/c1-11(2,9(16)17)15-10(18)14-6-3-4-8(13)7(12)5-6/h3-5H,1-2H3,(H,16,17)(H2,14,15,18). The van der Waals surface area contributed by atoms with E-state index in [2.05, 4.69) is 26.6 Å². The number of carboxylic acids is 1. The average Bonchev–Trinajstić information content (AvgIpc) is 2.22. The van der Waals surface area contributed by atoms with Crippen molar-refractivity contribution in [3.05, 3.63) is 28.5 Å². The summed E-state index contributed by atoms with van der Waals surface area (Å²) >= 11 is 2.98. The maximum absolute atomic E-state index is 13.0. The fraction of sp³-hybridized carbons (Fsp3) is 0.273. The van der Waals surface area contributed by atoms with Gasteiger partial charge in [-0.3, -0.25) is 0 Å². The number of hydrogen-bond acceptors (Lipinski definition) is 2. The quantitative estimate of drug-likeness (QED) is 0.801. The fourth-order valence-electron chi connectivity index (χ4n) is 1.07. The van der Waals surface area contributed by atoms with E-state index in [4.69, 9.17) is 5.11 Å². The molecule has 0 unspecified atom stereocenters. The third-order valence-corrected chi connectivity index (χ3v) is 2.75. The lowest BCUT2D eigenvalue weighted by Gasteiger charge is -2.21. The van der Waals surface area contributed by atoms with Crippen molar-refractivity contribution >= 4 is 33.6 Å². The van der Waals surface area contributed by atoms with E-state index in [1.165, 1.54) is 32.0 Å². The molecule has 1 aromatic rings. The second-order valence-electron chi connectivity index (χ2n) is 4.14. The Morgan fingerprint density at radius 2 is 2.00 bits per heavy atom. The molecule has 5 nitrogen and oxygen atoms in total. The molecule has 98 valence electrons. The van der Waals surface area contributed by atoms with Crippen molar-refractivity contribution in [2.75, 3.05) is 5.32 Å². The van der Waals surface area contributed by atoms with Gasteiger partial charge in [-0.1, -0.05) is 0 Å². The minimum Gasteiger partial charge on any atom is -0.480 e. The van der Waals surface area contributed by atoms with Crippen LogP contribution in [-0.2, 0) is 4.79 Å². The molecular formula is C11H12BrFN2O3. The number of carboxylic acid groups (broad SMARTS) is 1. The molecule has 7 heteroatoms. The van der Waals surface area contributed by atoms with Crippen LogP contribution in [0.4, 0.5) is 14.9 Å². The minimum absolute atomic E-state index is 0.206. The van der Waals surface area contributed by atoms with Crippen molar-refractivity contribution < 1.29 is 19.1 Å². The predicted octanol–water partition coefficient (Wildman–Crippen LogP) is 2.57. The first-order valence-electron chi connectivity index (χ1n) is 5.00. The minimum atomic E-state index is -1.39. The molecule has 0 radical (unpaired) electrons. The summed E-state index contributed by atoms with van der Waals surface area (Å²) < 4.78 is 13.2. The first kappa shape index (κ1) is 14.4. The number of amides is 2. The van der Waals surface area contributed by atoms with Crippen LogP contribution in [-0.4, -0.2) is 22.6 Å². The smallest absolute Gasteiger partial charge is 0.328 e. The van der Waals surface area contributed by atoms with Crippen molar-refractivity contribution in [1.82, 2.24) is 5.32 Å². The Kier molecular flexibility index (Phi) is 4.28. The number of halogens is 2. The highest BCUT2D eigenvalue weighted by Crippen LogP contribution is 2.20. The van der Waals surface area contributed by atoms with Crippen molar-refractivity contribution in [2.45, 2.75) is 19.4 Å². The van der Waals surface area contributed by atoms with Crippen molar-refractivity contribution in [3.63, 3.8) is 0 Å². The Morgan fingerprint density at radius 1 is 1.39 bits per heavy atom. The largest absolute Gasteiger partial charge is 0.480 e. The van der Waals surface area contributed by atoms with E-state index in [1.54, 1.807) is 0 Å². The number of nitrogens with one attached hydrogen (secondary N) is 2. The summed E-state index contributed by atoms with van der Waals surface area (Å²) in [6, 6.07) is 3.25. The van der Waals surface area contributed by atoms with Crippen LogP contribution in [0.5, 0.6) is 0 Å². The SMILES string of the molecule is CC(C)(NC(=O)Nc1ccc(F)c(Br)c1)C(=O)O. The van der Waals surface area contributed by atoms with Crippen LogP contribution >= 0.6 is 15.9 Å². The Bertz CT molecular complexity index is 491. The molecule has 0 saturated heterocycles. The number of carbonyl (C=O) groups excluding carboxylic acids is 1. The maximum atomic E-state index is 13.0. The van der Waals surface area contributed by atoms with Gasteiger partial charge in [-0.05, 0) is 48.0 Å². The highest BCUT2D eigenvalue weighted by Gasteiger charge is 2.28. The van der Waals surface area contributed by atoms with Crippen LogP contribution in [0.3, 0.4) is 0 Å². The van der Waals surface area contributed by atoms with Crippen molar-refractivity contribution in [3.8, 4) is 0 Å². The lowest BCUT2D eigenvalue weighted by atomic mass is 10.1. The number of anilines is 1. The number of urea groups is 1. The van der Waals surface area contributed by atoms with Gasteiger partial charge in [-0.15, -0.1) is 0 Å². The van der Waals surface area contributed by atoms with E-state index in [9.17, 15) is 14.0 Å². The Balaban J connectivity index is 2.71. The van der Waals surface area contributed by atoms with Crippen LogP contribution in [0.2, 0.25) is 0 Å². The molecule has 18 heavy (non-hydrogen) atoms. The van der Waals surface area contributed by atoms with Crippen LogP contribution in [0.15, 0.2) is 22.7 Å². The molecule has 0 bridgehead atoms. The van der Waals surface area contributed by atoms with Gasteiger partial charge in [0.25, 0.3) is 0 Å². The fourth-order valence-corrected chi connectivity index (χ4v) is 1.45. The highest BCUT2D eigenvalue weighted by atomic mass is 79.9. The van der Waals surface area contributed by atoms with E-state index in [-0.39, 0.29) is 4.47 Å². The number of carbonyl (C=O) groups is 2. The molecule has 0 aromatic heterocycles. The molecule has 1 aromatic carbocycles. The summed E-state index contributed by atoms with van der Waals surface area (Å²) in [4.78, 5) is 22.3. The molecule has 0 aliphatic rings. The van der Waals surface area contributed by atoms with Gasteiger partial charge >= 0.3 is 12.0 Å². The van der Waals surface area contributed by atoms with Gasteiger partial charge < -0.3 is 15.7 Å². The van der Waals surface area contributed by atoms with Crippen LogP contribution < -0.4 is 10.6 Å².